The summed E-state index contributed by atoms with van der Waals surface area (Å²) < 4.78 is 11.7. The van der Waals surface area contributed by atoms with Gasteiger partial charge in [0.15, 0.2) is 0 Å². The maximum atomic E-state index is 11.9. The molecule has 106 valence electrons. The minimum absolute atomic E-state index is 0.258. The molecule has 0 saturated heterocycles. The second kappa shape index (κ2) is 5.62. The number of hydrogen-bond donors (Lipinski definition) is 0. The molecule has 6 heteroatoms. The third kappa shape index (κ3) is 2.69. The van der Waals surface area contributed by atoms with Crippen LogP contribution in [0.15, 0.2) is 52.7 Å². The number of methoxy groups -OCH3 is 1. The molecule has 3 rings (SSSR count). The summed E-state index contributed by atoms with van der Waals surface area (Å²) >= 11 is 0. The average Bonchev–Trinajstić information content (AvgIpc) is 3.16. The molecule has 0 aliphatic carbocycles. The van der Waals surface area contributed by atoms with Crippen LogP contribution in [0.3, 0.4) is 0 Å². The molecule has 0 saturated carbocycles. The lowest BCUT2D eigenvalue weighted by Gasteiger charge is -2.05. The molecule has 0 N–H and O–H groups in total. The highest BCUT2D eigenvalue weighted by Gasteiger charge is 2.14. The minimum Gasteiger partial charge on any atom is -0.466 e. The Labute approximate surface area is 120 Å². The number of rotatable bonds is 4. The van der Waals surface area contributed by atoms with E-state index in [1.54, 1.807) is 29.2 Å². The number of ether oxygens (including phenoxy) is 1. The molecule has 2 aromatic heterocycles. The highest BCUT2D eigenvalue weighted by molar-refractivity contribution is 5.93. The Hall–Kier alpha value is -2.89. The SMILES string of the molecule is COC(=O)C(=Cc1ccco1)Cn1nnc2ccccc21. The summed E-state index contributed by atoms with van der Waals surface area (Å²) in [4.78, 5) is 11.9. The predicted molar refractivity (Wildman–Crippen MR) is 76.2 cm³/mol. The molecule has 0 aliphatic rings. The first-order valence-electron chi connectivity index (χ1n) is 6.38. The monoisotopic (exact) mass is 283 g/mol. The Morgan fingerprint density at radius 3 is 2.95 bits per heavy atom. The van der Waals surface area contributed by atoms with Gasteiger partial charge in [-0.1, -0.05) is 17.3 Å². The molecule has 3 aromatic rings. The maximum absolute atomic E-state index is 11.9. The van der Waals surface area contributed by atoms with Gasteiger partial charge in [-0.25, -0.2) is 9.48 Å². The number of para-hydroxylation sites is 1. The van der Waals surface area contributed by atoms with Crippen LogP contribution in [0.4, 0.5) is 0 Å². The Balaban J connectivity index is 1.97. The van der Waals surface area contributed by atoms with Gasteiger partial charge in [-0.2, -0.15) is 0 Å². The number of fused-ring (bicyclic) bond motifs is 1. The molecule has 0 amide bonds. The van der Waals surface area contributed by atoms with Crippen molar-refractivity contribution in [3.05, 3.63) is 54.0 Å². The quantitative estimate of drug-likeness (QED) is 0.542. The largest absolute Gasteiger partial charge is 0.466 e. The van der Waals surface area contributed by atoms with E-state index in [-0.39, 0.29) is 6.54 Å². The zero-order chi connectivity index (χ0) is 14.7. The normalized spacial score (nSPS) is 11.8. The number of furan rings is 1. The Morgan fingerprint density at radius 1 is 1.33 bits per heavy atom. The highest BCUT2D eigenvalue weighted by atomic mass is 16.5. The van der Waals surface area contributed by atoms with Crippen LogP contribution >= 0.6 is 0 Å². The van der Waals surface area contributed by atoms with Crippen LogP contribution in [0.5, 0.6) is 0 Å². The number of carbonyl (C=O) groups is 1. The first-order chi connectivity index (χ1) is 10.3. The predicted octanol–water partition coefficient (Wildman–Crippen LogP) is 2.28. The van der Waals surface area contributed by atoms with Gasteiger partial charge in [-0.3, -0.25) is 0 Å². The van der Waals surface area contributed by atoms with Gasteiger partial charge in [-0.05, 0) is 30.3 Å². The van der Waals surface area contributed by atoms with Crippen LogP contribution in [-0.4, -0.2) is 28.1 Å². The number of benzene rings is 1. The number of nitrogens with zero attached hydrogens (tertiary/aromatic N) is 3. The molecule has 0 atom stereocenters. The summed E-state index contributed by atoms with van der Waals surface area (Å²) in [6, 6.07) is 11.1. The van der Waals surface area contributed by atoms with Crippen molar-refractivity contribution in [1.82, 2.24) is 15.0 Å². The van der Waals surface area contributed by atoms with Gasteiger partial charge in [0.1, 0.15) is 11.3 Å². The van der Waals surface area contributed by atoms with Crippen molar-refractivity contribution < 1.29 is 13.9 Å². The van der Waals surface area contributed by atoms with E-state index in [0.29, 0.717) is 11.3 Å². The third-order valence-corrected chi connectivity index (χ3v) is 3.05. The van der Waals surface area contributed by atoms with Crippen molar-refractivity contribution in [2.45, 2.75) is 6.54 Å². The number of hydrogen-bond acceptors (Lipinski definition) is 5. The summed E-state index contributed by atoms with van der Waals surface area (Å²) in [5.41, 5.74) is 2.06. The first kappa shape index (κ1) is 13.1. The van der Waals surface area contributed by atoms with Gasteiger partial charge >= 0.3 is 5.97 Å². The summed E-state index contributed by atoms with van der Waals surface area (Å²) in [6.07, 6.45) is 3.19. The molecular formula is C15H13N3O3. The molecule has 0 bridgehead atoms. The Bertz CT molecular complexity index is 787. The van der Waals surface area contributed by atoms with Crippen LogP contribution in [0, 0.1) is 0 Å². The summed E-state index contributed by atoms with van der Waals surface area (Å²) in [5.74, 6) is 0.158. The van der Waals surface area contributed by atoms with E-state index >= 15 is 0 Å². The van der Waals surface area contributed by atoms with E-state index < -0.39 is 5.97 Å². The maximum Gasteiger partial charge on any atom is 0.335 e. The average molecular weight is 283 g/mol. The van der Waals surface area contributed by atoms with E-state index in [1.807, 2.05) is 24.3 Å². The Morgan fingerprint density at radius 2 is 2.19 bits per heavy atom. The molecule has 1 aromatic carbocycles. The number of esters is 1. The van der Waals surface area contributed by atoms with Crippen molar-refractivity contribution in [1.29, 1.82) is 0 Å². The standard InChI is InChI=1S/C15H13N3O3/c1-20-15(19)11(9-12-5-4-8-21-12)10-18-14-7-3-2-6-13(14)16-17-18/h2-9H,10H2,1H3. The second-order valence-electron chi connectivity index (χ2n) is 4.41. The molecule has 0 radical (unpaired) electrons. The van der Waals surface area contributed by atoms with Crippen LogP contribution in [0.25, 0.3) is 17.1 Å². The van der Waals surface area contributed by atoms with E-state index in [9.17, 15) is 4.79 Å². The van der Waals surface area contributed by atoms with E-state index in [1.165, 1.54) is 7.11 Å². The zero-order valence-corrected chi connectivity index (χ0v) is 11.4. The van der Waals surface area contributed by atoms with Crippen LogP contribution in [-0.2, 0) is 16.1 Å². The van der Waals surface area contributed by atoms with Crippen molar-refractivity contribution >= 4 is 23.1 Å². The van der Waals surface area contributed by atoms with Gasteiger partial charge < -0.3 is 9.15 Å². The molecule has 0 aliphatic heterocycles. The van der Waals surface area contributed by atoms with Crippen molar-refractivity contribution in [2.75, 3.05) is 7.11 Å². The van der Waals surface area contributed by atoms with Crippen LogP contribution in [0.2, 0.25) is 0 Å². The minimum atomic E-state index is -0.425. The molecule has 21 heavy (non-hydrogen) atoms. The van der Waals surface area contributed by atoms with Gasteiger partial charge in [0.25, 0.3) is 0 Å². The fourth-order valence-electron chi connectivity index (χ4n) is 2.04. The summed E-state index contributed by atoms with van der Waals surface area (Å²) in [7, 11) is 1.34. The molecule has 0 fully saturated rings. The lowest BCUT2D eigenvalue weighted by atomic mass is 10.2. The summed E-state index contributed by atoms with van der Waals surface area (Å²) in [5, 5.41) is 8.13. The Kier molecular flexibility index (Phi) is 3.51. The van der Waals surface area contributed by atoms with Gasteiger partial charge in [-0.15, -0.1) is 5.10 Å². The van der Waals surface area contributed by atoms with Crippen LogP contribution < -0.4 is 0 Å². The third-order valence-electron chi connectivity index (χ3n) is 3.05. The zero-order valence-electron chi connectivity index (χ0n) is 11.4. The van der Waals surface area contributed by atoms with Gasteiger partial charge in [0.2, 0.25) is 0 Å². The van der Waals surface area contributed by atoms with Gasteiger partial charge in [0.05, 0.1) is 31.0 Å². The second-order valence-corrected chi connectivity index (χ2v) is 4.41. The fraction of sp³-hybridized carbons (Fsp3) is 0.133. The molecule has 2 heterocycles. The van der Waals surface area contributed by atoms with E-state index in [0.717, 1.165) is 11.0 Å². The lowest BCUT2D eigenvalue weighted by molar-refractivity contribution is -0.136. The number of aromatic nitrogens is 3. The summed E-state index contributed by atoms with van der Waals surface area (Å²) in [6.45, 7) is 0.258. The van der Waals surface area contributed by atoms with E-state index in [4.69, 9.17) is 9.15 Å². The lowest BCUT2D eigenvalue weighted by Crippen LogP contribution is -2.12. The van der Waals surface area contributed by atoms with Crippen LogP contribution in [0.1, 0.15) is 5.76 Å². The molecule has 6 nitrogen and oxygen atoms in total. The van der Waals surface area contributed by atoms with Crippen molar-refractivity contribution in [3.63, 3.8) is 0 Å². The van der Waals surface area contributed by atoms with Crippen molar-refractivity contribution in [3.8, 4) is 0 Å². The van der Waals surface area contributed by atoms with Crippen molar-refractivity contribution in [2.24, 2.45) is 0 Å². The smallest absolute Gasteiger partial charge is 0.335 e. The highest BCUT2D eigenvalue weighted by Crippen LogP contribution is 2.15. The fourth-order valence-corrected chi connectivity index (χ4v) is 2.04. The first-order valence-corrected chi connectivity index (χ1v) is 6.38. The topological polar surface area (TPSA) is 70.2 Å². The molecule has 0 unspecified atom stereocenters. The van der Waals surface area contributed by atoms with E-state index in [2.05, 4.69) is 10.3 Å². The van der Waals surface area contributed by atoms with Gasteiger partial charge in [0, 0.05) is 0 Å². The number of carbonyl (C=O) groups excluding carboxylic acids is 1. The molecule has 0 spiro atoms. The molecular weight excluding hydrogens is 270 g/mol.